The minimum Gasteiger partial charge on any atom is -0.444 e. The van der Waals surface area contributed by atoms with E-state index >= 15 is 0 Å². The van der Waals surface area contributed by atoms with Crippen molar-refractivity contribution in [1.82, 2.24) is 15.2 Å². The zero-order valence-electron chi connectivity index (χ0n) is 11.4. The van der Waals surface area contributed by atoms with Gasteiger partial charge in [0.2, 0.25) is 5.89 Å². The van der Waals surface area contributed by atoms with Crippen LogP contribution in [0.2, 0.25) is 0 Å². The Hall–Kier alpha value is -1.08. The number of nitrogens with one attached hydrogen (secondary N) is 1. The van der Waals surface area contributed by atoms with Crippen molar-refractivity contribution in [3.8, 4) is 0 Å². The summed E-state index contributed by atoms with van der Waals surface area (Å²) in [5.74, 6) is 1.19. The number of nitrogens with zero attached hydrogens (tertiary/aromatic N) is 2. The molecule has 1 N–H and O–H groups in total. The highest BCUT2D eigenvalue weighted by molar-refractivity contribution is 4.99. The van der Waals surface area contributed by atoms with Crippen molar-refractivity contribution in [2.24, 2.45) is 0 Å². The molecule has 0 fully saturated rings. The zero-order chi connectivity index (χ0) is 14.5. The van der Waals surface area contributed by atoms with Crippen molar-refractivity contribution in [2.75, 3.05) is 26.7 Å². The van der Waals surface area contributed by atoms with Crippen molar-refractivity contribution in [3.05, 3.63) is 17.8 Å². The van der Waals surface area contributed by atoms with Gasteiger partial charge < -0.3 is 9.73 Å². The van der Waals surface area contributed by atoms with E-state index in [1.165, 1.54) is 4.90 Å². The molecule has 0 saturated carbocycles. The van der Waals surface area contributed by atoms with E-state index in [2.05, 4.69) is 10.3 Å². The highest BCUT2D eigenvalue weighted by atomic mass is 19.4. The molecule has 0 bridgehead atoms. The van der Waals surface area contributed by atoms with Gasteiger partial charge >= 0.3 is 6.18 Å². The number of likely N-dealkylation sites (N-methyl/N-ethyl adjacent to an activating group) is 1. The van der Waals surface area contributed by atoms with Crippen molar-refractivity contribution >= 4 is 0 Å². The lowest BCUT2D eigenvalue weighted by molar-refractivity contribution is -0.147. The molecular formula is C12H20F3N3O. The second kappa shape index (κ2) is 6.91. The molecule has 0 aliphatic carbocycles. The predicted octanol–water partition coefficient (Wildman–Crippen LogP) is 2.38. The summed E-state index contributed by atoms with van der Waals surface area (Å²) in [5, 5.41) is 2.83. The maximum absolute atomic E-state index is 12.5. The van der Waals surface area contributed by atoms with E-state index in [4.69, 9.17) is 4.42 Å². The summed E-state index contributed by atoms with van der Waals surface area (Å²) in [7, 11) is 1.70. The highest BCUT2D eigenvalue weighted by Crippen LogP contribution is 2.19. The first-order chi connectivity index (χ1) is 8.81. The molecule has 0 amide bonds. The minimum atomic E-state index is -4.22. The molecule has 0 spiro atoms. The monoisotopic (exact) mass is 279 g/mol. The van der Waals surface area contributed by atoms with Gasteiger partial charge in [0.15, 0.2) is 0 Å². The van der Waals surface area contributed by atoms with Gasteiger partial charge in [0.1, 0.15) is 5.76 Å². The summed E-state index contributed by atoms with van der Waals surface area (Å²) in [5.41, 5.74) is 0. The smallest absolute Gasteiger partial charge is 0.401 e. The third-order valence-corrected chi connectivity index (χ3v) is 2.58. The molecule has 0 saturated heterocycles. The van der Waals surface area contributed by atoms with Crippen LogP contribution in [0.1, 0.15) is 31.4 Å². The topological polar surface area (TPSA) is 41.3 Å². The Bertz CT molecular complexity index is 377. The van der Waals surface area contributed by atoms with Gasteiger partial charge in [0.25, 0.3) is 0 Å². The van der Waals surface area contributed by atoms with E-state index in [-0.39, 0.29) is 19.0 Å². The molecule has 0 atom stereocenters. The van der Waals surface area contributed by atoms with E-state index in [9.17, 15) is 13.2 Å². The number of alkyl halides is 3. The van der Waals surface area contributed by atoms with E-state index in [0.29, 0.717) is 18.2 Å². The molecule has 1 aromatic heterocycles. The first kappa shape index (κ1) is 16.0. The third kappa shape index (κ3) is 6.07. The molecule has 0 aromatic carbocycles. The fraction of sp³-hybridized carbons (Fsp3) is 0.750. The molecule has 1 aromatic rings. The lowest BCUT2D eigenvalue weighted by atomic mass is 10.2. The van der Waals surface area contributed by atoms with Crippen LogP contribution in [0.5, 0.6) is 0 Å². The summed E-state index contributed by atoms with van der Waals surface area (Å²) >= 11 is 0. The van der Waals surface area contributed by atoms with Crippen molar-refractivity contribution in [1.29, 1.82) is 0 Å². The van der Waals surface area contributed by atoms with Crippen LogP contribution in [0.3, 0.4) is 0 Å². The Balaban J connectivity index is 2.64. The molecule has 0 unspecified atom stereocenters. The molecule has 1 heterocycles. The van der Waals surface area contributed by atoms with Crippen LogP contribution in [0.4, 0.5) is 13.2 Å². The predicted molar refractivity (Wildman–Crippen MR) is 65.9 cm³/mol. The Labute approximate surface area is 111 Å². The lowest BCUT2D eigenvalue weighted by Crippen LogP contribution is -2.37. The highest BCUT2D eigenvalue weighted by Gasteiger charge is 2.31. The van der Waals surface area contributed by atoms with Crippen LogP contribution < -0.4 is 5.32 Å². The molecule has 1 rings (SSSR count). The standard InChI is InChI=1S/C12H20F3N3O/c1-9(2)10-6-17-11(19-10)7-18(5-4-16-3)8-12(13,14)15/h6,9,16H,4-5,7-8H2,1-3H3. The fourth-order valence-corrected chi connectivity index (χ4v) is 1.59. The number of rotatable bonds is 7. The summed E-state index contributed by atoms with van der Waals surface area (Å²) in [6.07, 6.45) is -2.65. The average molecular weight is 279 g/mol. The quantitative estimate of drug-likeness (QED) is 0.832. The zero-order valence-corrected chi connectivity index (χ0v) is 11.4. The van der Waals surface area contributed by atoms with Crippen molar-refractivity contribution in [3.63, 3.8) is 0 Å². The summed E-state index contributed by atoms with van der Waals surface area (Å²) in [6, 6.07) is 0. The minimum absolute atomic E-state index is 0.0634. The summed E-state index contributed by atoms with van der Waals surface area (Å²) in [6.45, 7) is 3.75. The van der Waals surface area contributed by atoms with Gasteiger partial charge in [0.05, 0.1) is 19.3 Å². The van der Waals surface area contributed by atoms with Crippen molar-refractivity contribution < 1.29 is 17.6 Å². The van der Waals surface area contributed by atoms with Crippen LogP contribution in [0.25, 0.3) is 0 Å². The van der Waals surface area contributed by atoms with Crippen LogP contribution in [0.15, 0.2) is 10.6 Å². The van der Waals surface area contributed by atoms with Gasteiger partial charge in [0, 0.05) is 19.0 Å². The van der Waals surface area contributed by atoms with Gasteiger partial charge in [-0.25, -0.2) is 4.98 Å². The molecule has 0 aliphatic heterocycles. The molecule has 7 heteroatoms. The van der Waals surface area contributed by atoms with Crippen LogP contribution >= 0.6 is 0 Å². The Morgan fingerprint density at radius 3 is 2.58 bits per heavy atom. The SMILES string of the molecule is CNCCN(Cc1ncc(C(C)C)o1)CC(F)(F)F. The van der Waals surface area contributed by atoms with Crippen molar-refractivity contribution in [2.45, 2.75) is 32.5 Å². The van der Waals surface area contributed by atoms with Crippen LogP contribution in [0, 0.1) is 0 Å². The molecule has 0 aliphatic rings. The largest absolute Gasteiger partial charge is 0.444 e. The van der Waals surface area contributed by atoms with Crippen LogP contribution in [-0.2, 0) is 6.54 Å². The number of hydrogen-bond acceptors (Lipinski definition) is 4. The maximum atomic E-state index is 12.5. The van der Waals surface area contributed by atoms with Crippen LogP contribution in [-0.4, -0.2) is 42.7 Å². The van der Waals surface area contributed by atoms with E-state index in [0.717, 1.165) is 0 Å². The van der Waals surface area contributed by atoms with Gasteiger partial charge in [-0.15, -0.1) is 0 Å². The molecule has 0 radical (unpaired) electrons. The average Bonchev–Trinajstić information content (AvgIpc) is 2.72. The molecule has 19 heavy (non-hydrogen) atoms. The third-order valence-electron chi connectivity index (χ3n) is 2.58. The van der Waals surface area contributed by atoms with Gasteiger partial charge in [-0.2, -0.15) is 13.2 Å². The Morgan fingerprint density at radius 2 is 2.11 bits per heavy atom. The van der Waals surface area contributed by atoms with E-state index in [1.807, 2.05) is 13.8 Å². The first-order valence-corrected chi connectivity index (χ1v) is 6.20. The number of halogens is 3. The summed E-state index contributed by atoms with van der Waals surface area (Å²) < 4.78 is 42.8. The fourth-order valence-electron chi connectivity index (χ4n) is 1.59. The summed E-state index contributed by atoms with van der Waals surface area (Å²) in [4.78, 5) is 5.29. The first-order valence-electron chi connectivity index (χ1n) is 6.20. The number of hydrogen-bond donors (Lipinski definition) is 1. The lowest BCUT2D eigenvalue weighted by Gasteiger charge is -2.21. The normalized spacial score (nSPS) is 12.6. The molecule has 110 valence electrons. The van der Waals surface area contributed by atoms with E-state index < -0.39 is 12.7 Å². The second-order valence-electron chi connectivity index (χ2n) is 4.74. The number of oxazole rings is 1. The second-order valence-corrected chi connectivity index (χ2v) is 4.74. The van der Waals surface area contributed by atoms with Gasteiger partial charge in [-0.1, -0.05) is 13.8 Å². The Kier molecular flexibility index (Phi) is 5.81. The molecule has 4 nitrogen and oxygen atoms in total. The van der Waals surface area contributed by atoms with E-state index in [1.54, 1.807) is 13.2 Å². The van der Waals surface area contributed by atoms with Gasteiger partial charge in [-0.05, 0) is 7.05 Å². The Morgan fingerprint density at radius 1 is 1.42 bits per heavy atom. The number of aromatic nitrogens is 1. The van der Waals surface area contributed by atoms with Gasteiger partial charge in [-0.3, -0.25) is 4.90 Å². The maximum Gasteiger partial charge on any atom is 0.401 e. The molecular weight excluding hydrogens is 259 g/mol.